The summed E-state index contributed by atoms with van der Waals surface area (Å²) in [6.45, 7) is 9.13. The van der Waals surface area contributed by atoms with Crippen LogP contribution in [0.4, 0.5) is 5.82 Å². The molecule has 9 nitrogen and oxygen atoms in total. The van der Waals surface area contributed by atoms with Crippen LogP contribution >= 0.6 is 0 Å². The number of carbonyl (C=O) groups is 2. The van der Waals surface area contributed by atoms with E-state index in [0.717, 1.165) is 10.9 Å². The Morgan fingerprint density at radius 2 is 1.57 bits per heavy atom. The lowest BCUT2D eigenvalue weighted by Gasteiger charge is -2.34. The van der Waals surface area contributed by atoms with Crippen molar-refractivity contribution in [2.24, 2.45) is 5.92 Å². The van der Waals surface area contributed by atoms with Gasteiger partial charge in [-0.3, -0.25) is 9.69 Å². The molecule has 2 heterocycles. The summed E-state index contributed by atoms with van der Waals surface area (Å²) < 4.78 is 11.3. The molecule has 0 radical (unpaired) electrons. The molecule has 1 fully saturated rings. The minimum atomic E-state index is -0.528. The molecule has 0 saturated carbocycles. The van der Waals surface area contributed by atoms with Crippen LogP contribution in [0.2, 0.25) is 0 Å². The predicted molar refractivity (Wildman–Crippen MR) is 163 cm³/mol. The summed E-state index contributed by atoms with van der Waals surface area (Å²) in [5.41, 5.74) is 1.35. The van der Waals surface area contributed by atoms with Crippen molar-refractivity contribution in [1.82, 2.24) is 19.8 Å². The SMILES string of the molecule is CCOC(=O)C(Nc1nc(CN2CCN(C(=O)c3ccccc3Oc3ccccc3)CC2)nc2ccccc12)C(C)C. The van der Waals surface area contributed by atoms with Gasteiger partial charge in [0.25, 0.3) is 5.91 Å². The molecule has 3 aromatic carbocycles. The highest BCUT2D eigenvalue weighted by Gasteiger charge is 2.27. The van der Waals surface area contributed by atoms with Crippen LogP contribution in [0.15, 0.2) is 78.9 Å². The number of benzene rings is 3. The zero-order valence-electron chi connectivity index (χ0n) is 24.3. The minimum absolute atomic E-state index is 0.00932. The molecule has 218 valence electrons. The number of rotatable bonds is 10. The Balaban J connectivity index is 1.27. The molecule has 1 atom stereocenters. The number of anilines is 1. The van der Waals surface area contributed by atoms with Gasteiger partial charge in [0.2, 0.25) is 0 Å². The summed E-state index contributed by atoms with van der Waals surface area (Å²) >= 11 is 0. The molecular weight excluding hydrogens is 530 g/mol. The van der Waals surface area contributed by atoms with E-state index in [1.807, 2.05) is 97.6 Å². The molecule has 1 aliphatic heterocycles. The van der Waals surface area contributed by atoms with E-state index in [2.05, 4.69) is 10.2 Å². The van der Waals surface area contributed by atoms with Gasteiger partial charge in [0.1, 0.15) is 29.2 Å². The van der Waals surface area contributed by atoms with Gasteiger partial charge in [-0.1, -0.05) is 56.3 Å². The van der Waals surface area contributed by atoms with Crippen molar-refractivity contribution >= 4 is 28.6 Å². The number of hydrogen-bond donors (Lipinski definition) is 1. The van der Waals surface area contributed by atoms with Crippen molar-refractivity contribution in [3.63, 3.8) is 0 Å². The summed E-state index contributed by atoms with van der Waals surface area (Å²) in [6, 6.07) is 24.1. The lowest BCUT2D eigenvalue weighted by molar-refractivity contribution is -0.145. The third-order valence-corrected chi connectivity index (χ3v) is 7.26. The van der Waals surface area contributed by atoms with Gasteiger partial charge in [-0.2, -0.15) is 0 Å². The van der Waals surface area contributed by atoms with E-state index in [0.29, 0.717) is 68.0 Å². The van der Waals surface area contributed by atoms with E-state index in [1.165, 1.54) is 0 Å². The highest BCUT2D eigenvalue weighted by Crippen LogP contribution is 2.27. The Kier molecular flexibility index (Phi) is 9.28. The fourth-order valence-electron chi connectivity index (χ4n) is 5.01. The van der Waals surface area contributed by atoms with Crippen LogP contribution in [0.3, 0.4) is 0 Å². The average molecular weight is 568 g/mol. The van der Waals surface area contributed by atoms with Crippen molar-refractivity contribution < 1.29 is 19.1 Å². The summed E-state index contributed by atoms with van der Waals surface area (Å²) in [7, 11) is 0. The standard InChI is InChI=1S/C33H37N5O4/c1-4-41-33(40)30(23(2)3)36-31-25-14-8-10-16-27(25)34-29(35-31)22-37-18-20-38(21-19-37)32(39)26-15-9-11-17-28(26)42-24-12-6-5-7-13-24/h5-17,23,30H,4,18-22H2,1-3H3,(H,34,35,36). The third-order valence-electron chi connectivity index (χ3n) is 7.26. The number of nitrogens with one attached hydrogen (secondary N) is 1. The molecule has 1 aliphatic rings. The van der Waals surface area contributed by atoms with Crippen LogP contribution in [0.5, 0.6) is 11.5 Å². The van der Waals surface area contributed by atoms with Crippen molar-refractivity contribution in [3.05, 3.63) is 90.3 Å². The molecule has 5 rings (SSSR count). The van der Waals surface area contributed by atoms with Gasteiger partial charge < -0.3 is 19.7 Å². The van der Waals surface area contributed by atoms with Crippen LogP contribution in [-0.4, -0.2) is 70.5 Å². The Bertz CT molecular complexity index is 1520. The van der Waals surface area contributed by atoms with E-state index in [9.17, 15) is 9.59 Å². The number of ether oxygens (including phenoxy) is 2. The number of aromatic nitrogens is 2. The smallest absolute Gasteiger partial charge is 0.328 e. The molecule has 42 heavy (non-hydrogen) atoms. The molecule has 1 saturated heterocycles. The van der Waals surface area contributed by atoms with Gasteiger partial charge in [0.15, 0.2) is 0 Å². The predicted octanol–water partition coefficient (Wildman–Crippen LogP) is 5.38. The zero-order valence-corrected chi connectivity index (χ0v) is 24.3. The summed E-state index contributed by atoms with van der Waals surface area (Å²) in [6.07, 6.45) is 0. The first-order chi connectivity index (χ1) is 20.4. The molecule has 4 aromatic rings. The summed E-state index contributed by atoms with van der Waals surface area (Å²) in [5, 5.41) is 4.19. The van der Waals surface area contributed by atoms with Crippen LogP contribution in [0, 0.1) is 5.92 Å². The second-order valence-corrected chi connectivity index (χ2v) is 10.6. The van der Waals surface area contributed by atoms with Gasteiger partial charge in [-0.05, 0) is 49.2 Å². The highest BCUT2D eigenvalue weighted by atomic mass is 16.5. The fourth-order valence-corrected chi connectivity index (χ4v) is 5.01. The van der Waals surface area contributed by atoms with Gasteiger partial charge in [0, 0.05) is 31.6 Å². The average Bonchev–Trinajstić information content (AvgIpc) is 3.00. The molecular formula is C33H37N5O4. The molecule has 1 N–H and O–H groups in total. The van der Waals surface area contributed by atoms with Gasteiger partial charge in [0.05, 0.1) is 24.2 Å². The first kappa shape index (κ1) is 29.0. The Labute approximate surface area is 246 Å². The minimum Gasteiger partial charge on any atom is -0.464 e. The molecule has 1 unspecified atom stereocenters. The molecule has 1 aromatic heterocycles. The number of carbonyl (C=O) groups excluding carboxylic acids is 2. The van der Waals surface area contributed by atoms with Crippen LogP contribution in [0.1, 0.15) is 37.0 Å². The van der Waals surface area contributed by atoms with Crippen molar-refractivity contribution in [2.75, 3.05) is 38.1 Å². The van der Waals surface area contributed by atoms with Crippen LogP contribution < -0.4 is 10.1 Å². The van der Waals surface area contributed by atoms with E-state index in [4.69, 9.17) is 19.4 Å². The van der Waals surface area contributed by atoms with Gasteiger partial charge in [-0.25, -0.2) is 14.8 Å². The topological polar surface area (TPSA) is 96.9 Å². The largest absolute Gasteiger partial charge is 0.464 e. The maximum Gasteiger partial charge on any atom is 0.328 e. The number of nitrogens with zero attached hydrogens (tertiary/aromatic N) is 4. The van der Waals surface area contributed by atoms with Crippen molar-refractivity contribution in [3.8, 4) is 11.5 Å². The lowest BCUT2D eigenvalue weighted by atomic mass is 10.0. The maximum atomic E-state index is 13.5. The highest BCUT2D eigenvalue weighted by molar-refractivity contribution is 5.97. The third kappa shape index (κ3) is 6.86. The zero-order chi connectivity index (χ0) is 29.5. The Morgan fingerprint density at radius 3 is 2.31 bits per heavy atom. The van der Waals surface area contributed by atoms with E-state index >= 15 is 0 Å². The van der Waals surface area contributed by atoms with E-state index < -0.39 is 6.04 Å². The Hall–Kier alpha value is -4.50. The fraction of sp³-hybridized carbons (Fsp3) is 0.333. The molecule has 1 amide bonds. The first-order valence-electron chi connectivity index (χ1n) is 14.4. The van der Waals surface area contributed by atoms with Crippen molar-refractivity contribution in [2.45, 2.75) is 33.4 Å². The van der Waals surface area contributed by atoms with E-state index in [-0.39, 0.29) is 17.8 Å². The molecule has 0 spiro atoms. The first-order valence-corrected chi connectivity index (χ1v) is 14.4. The second kappa shape index (κ2) is 13.4. The maximum absolute atomic E-state index is 13.5. The lowest BCUT2D eigenvalue weighted by Crippen LogP contribution is -2.48. The van der Waals surface area contributed by atoms with E-state index in [1.54, 1.807) is 6.92 Å². The number of piperazine rings is 1. The van der Waals surface area contributed by atoms with Gasteiger partial charge >= 0.3 is 5.97 Å². The summed E-state index contributed by atoms with van der Waals surface area (Å²) in [5.74, 6) is 2.17. The Morgan fingerprint density at radius 1 is 0.881 bits per heavy atom. The molecule has 9 heteroatoms. The number of hydrogen-bond acceptors (Lipinski definition) is 8. The summed E-state index contributed by atoms with van der Waals surface area (Å²) in [4.78, 5) is 39.9. The van der Waals surface area contributed by atoms with Crippen molar-refractivity contribution in [1.29, 1.82) is 0 Å². The number of para-hydroxylation sites is 3. The monoisotopic (exact) mass is 567 g/mol. The van der Waals surface area contributed by atoms with Crippen LogP contribution in [0.25, 0.3) is 10.9 Å². The number of fused-ring (bicyclic) bond motifs is 1. The second-order valence-electron chi connectivity index (χ2n) is 10.6. The van der Waals surface area contributed by atoms with Gasteiger partial charge in [-0.15, -0.1) is 0 Å². The number of amides is 1. The van der Waals surface area contributed by atoms with Crippen LogP contribution in [-0.2, 0) is 16.1 Å². The number of esters is 1. The molecule has 0 aliphatic carbocycles. The normalized spacial score (nSPS) is 14.5. The quantitative estimate of drug-likeness (QED) is 0.255. The molecule has 0 bridgehead atoms.